The van der Waals surface area contributed by atoms with E-state index in [1.54, 1.807) is 0 Å². The molecule has 3 aliphatic rings. The lowest BCUT2D eigenvalue weighted by molar-refractivity contribution is -0.369. The third-order valence-corrected chi connectivity index (χ3v) is 4.18. The third kappa shape index (κ3) is 20.3. The molecule has 0 saturated carbocycles. The number of unbranched alkanes of at least 4 members (excludes halogenated alkanes) is 4. The minimum absolute atomic E-state index is 1.10. The van der Waals surface area contributed by atoms with E-state index in [9.17, 15) is 20.1 Å². The van der Waals surface area contributed by atoms with E-state index < -0.39 is 72.5 Å². The van der Waals surface area contributed by atoms with Crippen molar-refractivity contribution in [2.45, 2.75) is 32.1 Å². The monoisotopic (exact) mass is 606 g/mol. The largest absolute Gasteiger partial charge is 0.631 e. The van der Waals surface area contributed by atoms with Crippen LogP contribution >= 0.6 is 0 Å². The van der Waals surface area contributed by atoms with E-state index in [1.807, 2.05) is 0 Å². The molecule has 0 aromatic rings. The second kappa shape index (κ2) is 21.4. The van der Waals surface area contributed by atoms with E-state index in [-0.39, 0.29) is 0 Å². The molecule has 232 valence electrons. The predicted octanol–water partition coefficient (Wildman–Crippen LogP) is -11.8. The summed E-state index contributed by atoms with van der Waals surface area (Å²) in [5, 5.41) is 99.0. The molecule has 0 aromatic carbocycles. The van der Waals surface area contributed by atoms with Crippen LogP contribution in [0.5, 0.6) is 0 Å². The zero-order valence-electron chi connectivity index (χ0n) is 21.6. The average molecular weight is 604 g/mol. The van der Waals surface area contributed by atoms with Gasteiger partial charge in [-0.1, -0.05) is 6.42 Å². The number of hydrogen-bond donors (Lipinski definition) is 14. The molecule has 3 aliphatic heterocycles. The van der Waals surface area contributed by atoms with Crippen LogP contribution in [0.3, 0.4) is 0 Å². The summed E-state index contributed by atoms with van der Waals surface area (Å²) in [5.74, 6) is 0. The molecule has 18 N–H and O–H groups in total. The maximum absolute atomic E-state index is 9.86. The van der Waals surface area contributed by atoms with Crippen LogP contribution in [-0.2, 0) is 45.7 Å². The van der Waals surface area contributed by atoms with Gasteiger partial charge in [-0.3, -0.25) is 0 Å². The highest BCUT2D eigenvalue weighted by molar-refractivity contribution is 6.83. The van der Waals surface area contributed by atoms with E-state index in [2.05, 4.69) is 52.6 Å². The molecule has 24 nitrogen and oxygen atoms in total. The summed E-state index contributed by atoms with van der Waals surface area (Å²) in [5.41, 5.74) is 7.58. The molecule has 0 unspecified atom stereocenters. The lowest BCUT2D eigenvalue weighted by atomic mass is 9.82. The van der Waals surface area contributed by atoms with Gasteiger partial charge in [0, 0.05) is 0 Å². The number of quaternary nitrogens is 2. The fraction of sp³-hybridized carbons (Fsp3) is 1.00. The molecule has 3 heterocycles. The Morgan fingerprint density at radius 2 is 0.854 bits per heavy atom. The summed E-state index contributed by atoms with van der Waals surface area (Å²) in [6.07, 6.45) is 6.71. The summed E-state index contributed by atoms with van der Waals surface area (Å²) < 4.78 is 45.1. The van der Waals surface area contributed by atoms with Crippen molar-refractivity contribution in [3.8, 4) is 0 Å². The van der Waals surface area contributed by atoms with Crippen LogP contribution in [0.15, 0.2) is 0 Å². The summed E-state index contributed by atoms with van der Waals surface area (Å²) in [4.78, 5) is 0. The highest BCUT2D eigenvalue weighted by Gasteiger charge is 2.56. The fourth-order valence-electron chi connectivity index (χ4n) is 2.72. The van der Waals surface area contributed by atoms with Gasteiger partial charge in [0.05, 0.1) is 13.1 Å². The Morgan fingerprint density at radius 3 is 1.22 bits per heavy atom. The van der Waals surface area contributed by atoms with Crippen LogP contribution in [-0.4, -0.2) is 146 Å². The van der Waals surface area contributed by atoms with Gasteiger partial charge in [0.1, 0.15) is 0 Å². The van der Waals surface area contributed by atoms with Crippen molar-refractivity contribution in [3.63, 3.8) is 0 Å². The van der Waals surface area contributed by atoms with Crippen LogP contribution in [0.25, 0.3) is 0 Å². The third-order valence-electron chi connectivity index (χ3n) is 4.18. The van der Waals surface area contributed by atoms with E-state index >= 15 is 0 Å². The zero-order valence-corrected chi connectivity index (χ0v) is 21.6. The van der Waals surface area contributed by atoms with E-state index in [0.29, 0.717) is 0 Å². The molecule has 0 aromatic heterocycles. The van der Waals surface area contributed by atoms with Gasteiger partial charge >= 0.3 is 72.5 Å². The van der Waals surface area contributed by atoms with E-state index in [0.717, 1.165) is 13.1 Å². The topological polar surface area (TPSA) is 390 Å². The minimum atomic E-state index is -3.90. The summed E-state index contributed by atoms with van der Waals surface area (Å²) >= 11 is 0. The van der Waals surface area contributed by atoms with Crippen molar-refractivity contribution < 1.29 is 117 Å². The normalized spacial score (nSPS) is 19.5. The predicted molar refractivity (Wildman–Crippen MR) is 134 cm³/mol. The zero-order chi connectivity index (χ0) is 31.6. The van der Waals surface area contributed by atoms with Crippen molar-refractivity contribution >= 4 is 72.5 Å². The second-order valence-electron chi connectivity index (χ2n) is 7.53. The molecule has 1 spiro atoms. The molecule has 34 heteroatoms. The average Bonchev–Trinajstić information content (AvgIpc) is 2.76. The van der Waals surface area contributed by atoms with Crippen LogP contribution in [0.4, 0.5) is 0 Å². The molecule has 0 radical (unpaired) electrons. The van der Waals surface area contributed by atoms with Crippen LogP contribution in [0.2, 0.25) is 0 Å². The van der Waals surface area contributed by atoms with Crippen molar-refractivity contribution in [2.24, 2.45) is 0 Å². The molecule has 3 saturated heterocycles. The first-order valence-corrected chi connectivity index (χ1v) is 11.8. The lowest BCUT2D eigenvalue weighted by Gasteiger charge is -2.52. The van der Waals surface area contributed by atoms with Gasteiger partial charge in [-0.05, 0) is 25.7 Å². The molecular formula is C7H32B10N2O22. The SMILES string of the molecule is OB(O)O.OB(O)O.OB1OB(O)O[B-](O)(OB2OB(O)O[B-]3(OB(O)OB(O)O3)O2)O1.[NH3+]CCCCCCC[NH3+]. The Labute approximate surface area is 235 Å². The highest BCUT2D eigenvalue weighted by atomic mass is 17.0. The van der Waals surface area contributed by atoms with Gasteiger partial charge in [0.15, 0.2) is 0 Å². The fourth-order valence-corrected chi connectivity index (χ4v) is 2.72. The lowest BCUT2D eigenvalue weighted by Crippen LogP contribution is -2.71. The van der Waals surface area contributed by atoms with Crippen molar-refractivity contribution in [1.82, 2.24) is 0 Å². The van der Waals surface area contributed by atoms with Gasteiger partial charge in [-0.15, -0.1) is 0 Å². The van der Waals surface area contributed by atoms with E-state index in [1.165, 1.54) is 32.1 Å². The number of hydrogen-bond acceptors (Lipinski definition) is 22. The van der Waals surface area contributed by atoms with Crippen LogP contribution in [0, 0.1) is 0 Å². The first-order chi connectivity index (χ1) is 19.0. The molecule has 3 rings (SSSR count). The Bertz CT molecular complexity index is 621. The summed E-state index contributed by atoms with van der Waals surface area (Å²) in [7, 11) is -17.0. The maximum Gasteiger partial charge on any atom is 0.631 e. The highest BCUT2D eigenvalue weighted by Crippen LogP contribution is 2.27. The van der Waals surface area contributed by atoms with Crippen LogP contribution in [0.1, 0.15) is 32.1 Å². The second-order valence-corrected chi connectivity index (χ2v) is 7.53. The Kier molecular flexibility index (Phi) is 21.2. The van der Waals surface area contributed by atoms with Crippen molar-refractivity contribution in [1.29, 1.82) is 0 Å². The Morgan fingerprint density at radius 1 is 0.537 bits per heavy atom. The maximum atomic E-state index is 9.86. The number of rotatable bonds is 8. The molecular weight excluding hydrogens is 572 g/mol. The quantitative estimate of drug-likeness (QED) is 0.0902. The molecule has 3 fully saturated rings. The molecule has 41 heavy (non-hydrogen) atoms. The minimum Gasteiger partial charge on any atom is -0.541 e. The summed E-state index contributed by atoms with van der Waals surface area (Å²) in [6, 6.07) is 0. The Balaban J connectivity index is 0.000000777. The van der Waals surface area contributed by atoms with Gasteiger partial charge < -0.3 is 117 Å². The van der Waals surface area contributed by atoms with Crippen molar-refractivity contribution in [3.05, 3.63) is 0 Å². The van der Waals surface area contributed by atoms with Crippen LogP contribution < -0.4 is 11.5 Å². The van der Waals surface area contributed by atoms with Gasteiger partial charge in [-0.25, -0.2) is 0 Å². The van der Waals surface area contributed by atoms with Gasteiger partial charge in [0.2, 0.25) is 0 Å². The molecule has 0 atom stereocenters. The van der Waals surface area contributed by atoms with E-state index in [4.69, 9.17) is 44.8 Å². The molecule has 0 amide bonds. The summed E-state index contributed by atoms with van der Waals surface area (Å²) in [6.45, 7) is -5.24. The van der Waals surface area contributed by atoms with Crippen molar-refractivity contribution in [2.75, 3.05) is 13.1 Å². The first kappa shape index (κ1) is 40.7. The van der Waals surface area contributed by atoms with Gasteiger partial charge in [0.25, 0.3) is 0 Å². The van der Waals surface area contributed by atoms with Gasteiger partial charge in [-0.2, -0.15) is 0 Å². The molecule has 0 bridgehead atoms. The standard InChI is InChI=1S/C7H18N2.B8H6O16.2BH3O3/c8-6-4-2-1-3-5-7-9;9-1-15-2(10)19-7(14,18-1)23-6-17-5(13)22-8(24-6)20-3(11)16-4(12)21-8;2*2-1(3)4/h1-9H2;9-14H;2*2-4H/q;-2;;/p+2. The Hall–Kier alpha value is -0.311. The smallest absolute Gasteiger partial charge is 0.541 e. The molecule has 0 aliphatic carbocycles. The first-order valence-electron chi connectivity index (χ1n) is 11.8.